The van der Waals surface area contributed by atoms with Gasteiger partial charge in [0.15, 0.2) is 0 Å². The Kier molecular flexibility index (Phi) is 1.70. The highest BCUT2D eigenvalue weighted by molar-refractivity contribution is 5.63. The average Bonchev–Trinajstić information content (AvgIpc) is 1.90. The molecule has 0 aliphatic heterocycles. The Morgan fingerprint density at radius 3 is 2.78 bits per heavy atom. The first-order valence-electron chi connectivity index (χ1n) is 3.34. The van der Waals surface area contributed by atoms with Crippen LogP contribution in [0.3, 0.4) is 0 Å². The maximum Gasteiger partial charge on any atom is 0.208 e. The van der Waals surface area contributed by atoms with Crippen molar-refractivity contribution in [2.75, 3.05) is 0 Å². The van der Waals surface area contributed by atoms with Gasteiger partial charge in [-0.05, 0) is 26.2 Å². The predicted molar refractivity (Wildman–Crippen MR) is 36.8 cm³/mol. The molecule has 1 aliphatic carbocycles. The van der Waals surface area contributed by atoms with Crippen LogP contribution in [-0.2, 0) is 4.79 Å². The van der Waals surface area contributed by atoms with E-state index in [1.165, 1.54) is 0 Å². The van der Waals surface area contributed by atoms with Gasteiger partial charge in [-0.2, -0.15) is 0 Å². The summed E-state index contributed by atoms with van der Waals surface area (Å²) < 4.78 is 0. The Hall–Kier alpha value is -0.590. The lowest BCUT2D eigenvalue weighted by atomic mass is 9.82. The van der Waals surface area contributed by atoms with Crippen LogP contribution in [0.5, 0.6) is 0 Å². The van der Waals surface area contributed by atoms with Gasteiger partial charge in [-0.25, -0.2) is 0 Å². The molecule has 1 aliphatic rings. The van der Waals surface area contributed by atoms with Crippen LogP contribution in [0, 0.1) is 5.41 Å². The smallest absolute Gasteiger partial charge is 0.208 e. The highest BCUT2D eigenvalue weighted by atomic mass is 16.1. The zero-order valence-electron chi connectivity index (χ0n) is 5.68. The average molecular weight is 123 g/mol. The van der Waals surface area contributed by atoms with Gasteiger partial charge in [0.1, 0.15) is 0 Å². The van der Waals surface area contributed by atoms with E-state index < -0.39 is 0 Å². The number of allylic oxidation sites excluding steroid dienone is 2. The number of hydrogen-bond acceptors (Lipinski definition) is 1. The molecule has 0 saturated carbocycles. The molecule has 1 unspecified atom stereocenters. The van der Waals surface area contributed by atoms with Crippen LogP contribution in [0.2, 0.25) is 0 Å². The molecule has 0 bridgehead atoms. The normalized spacial score (nSPS) is 34.3. The monoisotopic (exact) mass is 123 g/mol. The molecule has 0 fully saturated rings. The number of carbonyl (C=O) groups excluding carboxylic acids is 1. The second-order valence-corrected chi connectivity index (χ2v) is 2.81. The molecule has 1 nitrogen and oxygen atoms in total. The molecule has 0 heterocycles. The van der Waals surface area contributed by atoms with Gasteiger partial charge in [0.2, 0.25) is 6.29 Å². The van der Waals surface area contributed by atoms with Crippen molar-refractivity contribution in [2.45, 2.75) is 26.2 Å². The molecule has 0 N–H and O–H groups in total. The van der Waals surface area contributed by atoms with Crippen LogP contribution in [0.4, 0.5) is 0 Å². The summed E-state index contributed by atoms with van der Waals surface area (Å²) >= 11 is 0. The van der Waals surface area contributed by atoms with Crippen molar-refractivity contribution in [1.82, 2.24) is 0 Å². The molecule has 0 amide bonds. The maximum absolute atomic E-state index is 10.3. The van der Waals surface area contributed by atoms with Crippen molar-refractivity contribution in [3.8, 4) is 0 Å². The predicted octanol–water partition coefficient (Wildman–Crippen LogP) is 1.84. The molecule has 0 aromatic carbocycles. The fraction of sp³-hybridized carbons (Fsp3) is 0.625. The third-order valence-corrected chi connectivity index (χ3v) is 1.79. The number of hydrogen-bond donors (Lipinski definition) is 0. The van der Waals surface area contributed by atoms with Crippen molar-refractivity contribution in [3.63, 3.8) is 0 Å². The van der Waals surface area contributed by atoms with Crippen molar-refractivity contribution < 1.29 is 4.79 Å². The van der Waals surface area contributed by atoms with Crippen molar-refractivity contribution in [1.29, 1.82) is 0 Å². The van der Waals surface area contributed by atoms with E-state index in [2.05, 4.69) is 6.08 Å². The molecule has 0 saturated heterocycles. The van der Waals surface area contributed by atoms with Crippen LogP contribution in [0.15, 0.2) is 12.2 Å². The zero-order chi connectivity index (χ0) is 6.74. The van der Waals surface area contributed by atoms with Crippen LogP contribution in [0.25, 0.3) is 0 Å². The van der Waals surface area contributed by atoms with Gasteiger partial charge < -0.3 is 0 Å². The lowest BCUT2D eigenvalue weighted by molar-refractivity contribution is 0.441. The summed E-state index contributed by atoms with van der Waals surface area (Å²) in [5, 5.41) is 0. The molecular weight excluding hydrogens is 112 g/mol. The second kappa shape index (κ2) is 2.34. The minimum Gasteiger partial charge on any atom is -0.290 e. The van der Waals surface area contributed by atoms with Gasteiger partial charge in [0.05, 0.1) is 5.41 Å². The zero-order valence-corrected chi connectivity index (χ0v) is 5.68. The topological polar surface area (TPSA) is 17.1 Å². The Labute approximate surface area is 55.8 Å². The van der Waals surface area contributed by atoms with E-state index >= 15 is 0 Å². The van der Waals surface area contributed by atoms with E-state index in [1.807, 2.05) is 19.3 Å². The summed E-state index contributed by atoms with van der Waals surface area (Å²) in [6, 6.07) is 0. The van der Waals surface area contributed by atoms with E-state index in [9.17, 15) is 4.79 Å². The first-order chi connectivity index (χ1) is 4.27. The molecule has 0 aromatic rings. The molecule has 0 spiro atoms. The minimum atomic E-state index is -0.266. The Balaban J connectivity index is 2.67. The van der Waals surface area contributed by atoms with Gasteiger partial charge >= 0.3 is 0 Å². The van der Waals surface area contributed by atoms with Crippen molar-refractivity contribution in [3.05, 3.63) is 12.2 Å². The fourth-order valence-corrected chi connectivity index (χ4v) is 1.10. The SMILES string of the molecule is CC1([C]=O)C=CCCC1. The Morgan fingerprint density at radius 2 is 2.44 bits per heavy atom. The molecular formula is C8H11O. The molecule has 1 atom stereocenters. The Bertz CT molecular complexity index is 138. The second-order valence-electron chi connectivity index (χ2n) is 2.81. The van der Waals surface area contributed by atoms with Gasteiger partial charge in [-0.1, -0.05) is 12.2 Å². The fourth-order valence-electron chi connectivity index (χ4n) is 1.10. The van der Waals surface area contributed by atoms with Crippen LogP contribution in [-0.4, -0.2) is 6.29 Å². The first kappa shape index (κ1) is 6.53. The maximum atomic E-state index is 10.3. The molecule has 49 valence electrons. The van der Waals surface area contributed by atoms with Crippen molar-refractivity contribution >= 4 is 6.29 Å². The molecule has 9 heavy (non-hydrogen) atoms. The van der Waals surface area contributed by atoms with Crippen LogP contribution < -0.4 is 0 Å². The molecule has 0 aromatic heterocycles. The quantitative estimate of drug-likeness (QED) is 0.486. The summed E-state index contributed by atoms with van der Waals surface area (Å²) in [7, 11) is 0. The van der Waals surface area contributed by atoms with Crippen LogP contribution >= 0.6 is 0 Å². The van der Waals surface area contributed by atoms with E-state index in [4.69, 9.17) is 0 Å². The van der Waals surface area contributed by atoms with Gasteiger partial charge in [0, 0.05) is 0 Å². The molecule has 1 rings (SSSR count). The van der Waals surface area contributed by atoms with Gasteiger partial charge in [-0.15, -0.1) is 0 Å². The summed E-state index contributed by atoms with van der Waals surface area (Å²) in [4.78, 5) is 10.3. The summed E-state index contributed by atoms with van der Waals surface area (Å²) in [5.41, 5.74) is -0.266. The summed E-state index contributed by atoms with van der Waals surface area (Å²) in [6.45, 7) is 1.93. The third kappa shape index (κ3) is 1.41. The van der Waals surface area contributed by atoms with E-state index in [0.29, 0.717) is 0 Å². The van der Waals surface area contributed by atoms with Crippen molar-refractivity contribution in [2.24, 2.45) is 5.41 Å². The third-order valence-electron chi connectivity index (χ3n) is 1.79. The van der Waals surface area contributed by atoms with Crippen LogP contribution in [0.1, 0.15) is 26.2 Å². The van der Waals surface area contributed by atoms with E-state index in [1.54, 1.807) is 0 Å². The first-order valence-corrected chi connectivity index (χ1v) is 3.34. The number of rotatable bonds is 1. The van der Waals surface area contributed by atoms with Gasteiger partial charge in [-0.3, -0.25) is 4.79 Å². The lowest BCUT2D eigenvalue weighted by Gasteiger charge is -2.20. The van der Waals surface area contributed by atoms with Gasteiger partial charge in [0.25, 0.3) is 0 Å². The standard InChI is InChI=1S/C8H11O/c1-8(7-9)5-3-2-4-6-8/h3,5H,2,4,6H2,1H3. The minimum absolute atomic E-state index is 0.266. The molecule has 1 radical (unpaired) electrons. The molecule has 1 heteroatoms. The van der Waals surface area contributed by atoms with E-state index in [0.717, 1.165) is 19.3 Å². The summed E-state index contributed by atoms with van der Waals surface area (Å²) in [5.74, 6) is 0. The Morgan fingerprint density at radius 1 is 1.67 bits per heavy atom. The highest BCUT2D eigenvalue weighted by Gasteiger charge is 2.22. The summed E-state index contributed by atoms with van der Waals surface area (Å²) in [6.07, 6.45) is 9.28. The highest BCUT2D eigenvalue weighted by Crippen LogP contribution is 2.27. The van der Waals surface area contributed by atoms with E-state index in [-0.39, 0.29) is 5.41 Å². The largest absolute Gasteiger partial charge is 0.290 e. The lowest BCUT2D eigenvalue weighted by Crippen LogP contribution is -2.16.